The lowest BCUT2D eigenvalue weighted by molar-refractivity contribution is 0.274. The van der Waals surface area contributed by atoms with Crippen LogP contribution in [0.25, 0.3) is 0 Å². The Bertz CT molecular complexity index is 43.4. The molecule has 0 aromatic rings. The van der Waals surface area contributed by atoms with E-state index in [4.69, 9.17) is 10.8 Å². The molecule has 0 rings (SSSR count). The zero-order valence-electron chi connectivity index (χ0n) is 5.13. The van der Waals surface area contributed by atoms with Crippen LogP contribution in [0.2, 0.25) is 0 Å². The van der Waals surface area contributed by atoms with Crippen molar-refractivity contribution < 1.29 is 5.11 Å². The number of aliphatic hydroxyl groups excluding tert-OH is 1. The van der Waals surface area contributed by atoms with Gasteiger partial charge in [0.1, 0.15) is 0 Å². The lowest BCUT2D eigenvalue weighted by Gasteiger charge is -2.02. The fraction of sp³-hybridized carbons (Fsp3) is 1.00. The molecule has 0 saturated carbocycles. The van der Waals surface area contributed by atoms with E-state index in [0.29, 0.717) is 0 Å². The van der Waals surface area contributed by atoms with Gasteiger partial charge in [-0.15, -0.1) is 12.4 Å². The summed E-state index contributed by atoms with van der Waals surface area (Å²) >= 11 is 0. The first kappa shape index (κ1) is 11.1. The largest absolute Gasteiger partial charge is 0.396 e. The summed E-state index contributed by atoms with van der Waals surface area (Å²) in [5.74, 6) is 0. The number of halogens is 1. The van der Waals surface area contributed by atoms with E-state index < -0.39 is 0 Å². The van der Waals surface area contributed by atoms with Crippen molar-refractivity contribution in [3.05, 3.63) is 0 Å². The lowest BCUT2D eigenvalue weighted by Crippen LogP contribution is -2.19. The van der Waals surface area contributed by atoms with Crippen LogP contribution in [0.15, 0.2) is 0 Å². The third kappa shape index (κ3) is 6.21. The maximum atomic E-state index is 8.29. The number of hydrogen-bond donors (Lipinski definition) is 2. The summed E-state index contributed by atoms with van der Waals surface area (Å²) in [6.45, 7) is 2.23. The van der Waals surface area contributed by atoms with Gasteiger partial charge in [0.2, 0.25) is 0 Å². The second-order valence-electron chi connectivity index (χ2n) is 1.68. The summed E-state index contributed by atoms with van der Waals surface area (Å²) in [7, 11) is 0. The van der Waals surface area contributed by atoms with E-state index in [-0.39, 0.29) is 25.1 Å². The molecule has 0 radical (unpaired) electrons. The standard InChI is InChI=1S/C5H13NO.ClH/c1-2-5(6)3-4-7;/h5,7H,2-4,6H2,1H3;1H/t5-;/m0./s1. The Morgan fingerprint density at radius 1 is 1.62 bits per heavy atom. The molecule has 8 heavy (non-hydrogen) atoms. The van der Waals surface area contributed by atoms with E-state index >= 15 is 0 Å². The molecule has 0 amide bonds. The third-order valence-electron chi connectivity index (χ3n) is 1.02. The Balaban J connectivity index is 0. The smallest absolute Gasteiger partial charge is 0.0445 e. The molecule has 0 aromatic carbocycles. The van der Waals surface area contributed by atoms with Crippen molar-refractivity contribution in [2.75, 3.05) is 6.61 Å². The summed E-state index contributed by atoms with van der Waals surface area (Å²) < 4.78 is 0. The first-order valence-electron chi connectivity index (χ1n) is 2.67. The van der Waals surface area contributed by atoms with Crippen LogP contribution in [0.5, 0.6) is 0 Å². The zero-order chi connectivity index (χ0) is 5.70. The predicted molar refractivity (Wildman–Crippen MR) is 37.2 cm³/mol. The molecule has 3 N–H and O–H groups in total. The molecule has 0 fully saturated rings. The second-order valence-corrected chi connectivity index (χ2v) is 1.68. The number of aliphatic hydroxyl groups is 1. The van der Waals surface area contributed by atoms with Gasteiger partial charge in [-0.3, -0.25) is 0 Å². The van der Waals surface area contributed by atoms with Crippen LogP contribution in [0, 0.1) is 0 Å². The van der Waals surface area contributed by atoms with Crippen molar-refractivity contribution in [3.8, 4) is 0 Å². The number of hydrogen-bond acceptors (Lipinski definition) is 2. The Morgan fingerprint density at radius 2 is 2.12 bits per heavy atom. The highest BCUT2D eigenvalue weighted by molar-refractivity contribution is 5.85. The fourth-order valence-corrected chi connectivity index (χ4v) is 0.370. The van der Waals surface area contributed by atoms with E-state index in [1.807, 2.05) is 6.92 Å². The molecule has 0 spiro atoms. The van der Waals surface area contributed by atoms with Crippen LogP contribution in [0.4, 0.5) is 0 Å². The highest BCUT2D eigenvalue weighted by Gasteiger charge is 1.93. The Labute approximate surface area is 56.5 Å². The molecule has 0 bridgehead atoms. The van der Waals surface area contributed by atoms with Crippen molar-refractivity contribution in [2.24, 2.45) is 5.73 Å². The van der Waals surface area contributed by atoms with Crippen LogP contribution in [-0.4, -0.2) is 17.8 Å². The van der Waals surface area contributed by atoms with Crippen LogP contribution in [-0.2, 0) is 0 Å². The Hall–Kier alpha value is 0.210. The average Bonchev–Trinajstić information content (AvgIpc) is 1.68. The fourth-order valence-electron chi connectivity index (χ4n) is 0.370. The minimum atomic E-state index is 0. The van der Waals surface area contributed by atoms with Crippen LogP contribution >= 0.6 is 12.4 Å². The Morgan fingerprint density at radius 3 is 2.25 bits per heavy atom. The van der Waals surface area contributed by atoms with Crippen molar-refractivity contribution in [1.82, 2.24) is 0 Å². The summed E-state index contributed by atoms with van der Waals surface area (Å²) in [6.07, 6.45) is 1.69. The molecule has 0 aliphatic heterocycles. The van der Waals surface area contributed by atoms with Crippen molar-refractivity contribution in [3.63, 3.8) is 0 Å². The average molecular weight is 140 g/mol. The second kappa shape index (κ2) is 7.21. The van der Waals surface area contributed by atoms with Gasteiger partial charge in [-0.1, -0.05) is 6.92 Å². The van der Waals surface area contributed by atoms with Gasteiger partial charge in [0.05, 0.1) is 0 Å². The van der Waals surface area contributed by atoms with Crippen molar-refractivity contribution >= 4 is 12.4 Å². The number of nitrogens with two attached hydrogens (primary N) is 1. The molecular formula is C5H14ClNO. The normalized spacial score (nSPS) is 12.4. The van der Waals surface area contributed by atoms with Gasteiger partial charge < -0.3 is 10.8 Å². The SMILES string of the molecule is CC[C@H](N)CCO.Cl. The quantitative estimate of drug-likeness (QED) is 0.599. The first-order chi connectivity index (χ1) is 3.31. The van der Waals surface area contributed by atoms with E-state index in [0.717, 1.165) is 12.8 Å². The minimum absolute atomic E-state index is 0. The maximum Gasteiger partial charge on any atom is 0.0445 e. The monoisotopic (exact) mass is 139 g/mol. The molecule has 0 saturated heterocycles. The Kier molecular flexibility index (Phi) is 9.97. The number of rotatable bonds is 3. The van der Waals surface area contributed by atoms with E-state index in [1.54, 1.807) is 0 Å². The van der Waals surface area contributed by atoms with Gasteiger partial charge in [-0.2, -0.15) is 0 Å². The summed E-state index contributed by atoms with van der Waals surface area (Å²) in [6, 6.07) is 0.199. The highest BCUT2D eigenvalue weighted by atomic mass is 35.5. The molecule has 52 valence electrons. The molecule has 0 aliphatic carbocycles. The maximum absolute atomic E-state index is 8.29. The third-order valence-corrected chi connectivity index (χ3v) is 1.02. The molecule has 3 heteroatoms. The van der Waals surface area contributed by atoms with Gasteiger partial charge >= 0.3 is 0 Å². The first-order valence-corrected chi connectivity index (χ1v) is 2.67. The van der Waals surface area contributed by atoms with Gasteiger partial charge in [0, 0.05) is 12.6 Å². The van der Waals surface area contributed by atoms with E-state index in [9.17, 15) is 0 Å². The topological polar surface area (TPSA) is 46.2 Å². The van der Waals surface area contributed by atoms with Gasteiger partial charge in [-0.25, -0.2) is 0 Å². The molecule has 2 nitrogen and oxygen atoms in total. The summed E-state index contributed by atoms with van der Waals surface area (Å²) in [5.41, 5.74) is 5.42. The minimum Gasteiger partial charge on any atom is -0.396 e. The van der Waals surface area contributed by atoms with Crippen LogP contribution in [0.1, 0.15) is 19.8 Å². The van der Waals surface area contributed by atoms with Gasteiger partial charge in [0.25, 0.3) is 0 Å². The predicted octanol–water partition coefficient (Wildman–Crippen LogP) is 0.528. The summed E-state index contributed by atoms with van der Waals surface area (Å²) in [5, 5.41) is 8.29. The zero-order valence-corrected chi connectivity index (χ0v) is 5.95. The molecule has 0 aliphatic rings. The van der Waals surface area contributed by atoms with Crippen LogP contribution < -0.4 is 5.73 Å². The summed E-state index contributed by atoms with van der Waals surface area (Å²) in [4.78, 5) is 0. The van der Waals surface area contributed by atoms with Crippen LogP contribution in [0.3, 0.4) is 0 Å². The molecule has 0 unspecified atom stereocenters. The van der Waals surface area contributed by atoms with Gasteiger partial charge in [-0.05, 0) is 12.8 Å². The van der Waals surface area contributed by atoms with Crippen molar-refractivity contribution in [1.29, 1.82) is 0 Å². The van der Waals surface area contributed by atoms with Gasteiger partial charge in [0.15, 0.2) is 0 Å². The molecule has 0 aromatic heterocycles. The van der Waals surface area contributed by atoms with E-state index in [2.05, 4.69) is 0 Å². The van der Waals surface area contributed by atoms with Crippen molar-refractivity contribution in [2.45, 2.75) is 25.8 Å². The highest BCUT2D eigenvalue weighted by Crippen LogP contribution is 1.89. The molecular weight excluding hydrogens is 126 g/mol. The molecule has 0 heterocycles. The lowest BCUT2D eigenvalue weighted by atomic mass is 10.2. The van der Waals surface area contributed by atoms with E-state index in [1.165, 1.54) is 0 Å². The molecule has 1 atom stereocenters.